The molecule has 2 aromatic heterocycles. The number of aryl methyl sites for hydroxylation is 3. The van der Waals surface area contributed by atoms with E-state index >= 15 is 0 Å². The van der Waals surface area contributed by atoms with Crippen LogP contribution in [0.15, 0.2) is 40.9 Å². The number of aromatic nitrogens is 2. The molecule has 0 radical (unpaired) electrons. The van der Waals surface area contributed by atoms with E-state index in [-0.39, 0.29) is 17.9 Å². The molecular weight excluding hydrogens is 342 g/mol. The van der Waals surface area contributed by atoms with Crippen LogP contribution < -0.4 is 5.32 Å². The molecule has 0 spiro atoms. The molecule has 1 amide bonds. The molecule has 0 saturated carbocycles. The van der Waals surface area contributed by atoms with Crippen LogP contribution >= 0.6 is 0 Å². The van der Waals surface area contributed by atoms with E-state index in [0.717, 1.165) is 17.9 Å². The van der Waals surface area contributed by atoms with Crippen LogP contribution in [0.3, 0.4) is 0 Å². The van der Waals surface area contributed by atoms with Gasteiger partial charge in [0.2, 0.25) is 5.91 Å². The summed E-state index contributed by atoms with van der Waals surface area (Å²) >= 11 is 0. The van der Waals surface area contributed by atoms with Gasteiger partial charge in [-0.3, -0.25) is 4.79 Å². The van der Waals surface area contributed by atoms with E-state index in [1.54, 1.807) is 0 Å². The van der Waals surface area contributed by atoms with Crippen LogP contribution in [0.5, 0.6) is 0 Å². The highest BCUT2D eigenvalue weighted by molar-refractivity contribution is 5.81. The topological polar surface area (TPSA) is 69.3 Å². The minimum atomic E-state index is 0.0189. The van der Waals surface area contributed by atoms with Crippen molar-refractivity contribution in [2.24, 2.45) is 5.92 Å². The summed E-state index contributed by atoms with van der Waals surface area (Å²) < 4.78 is 13.1. The number of ether oxygens (including phenoxy) is 1. The molecule has 3 aromatic rings. The summed E-state index contributed by atoms with van der Waals surface area (Å²) in [6, 6.07) is 12.4. The Morgan fingerprint density at radius 1 is 1.26 bits per heavy atom. The van der Waals surface area contributed by atoms with Gasteiger partial charge in [0, 0.05) is 42.6 Å². The number of rotatable bonds is 6. The Labute approximate surface area is 158 Å². The number of nitrogens with zero attached hydrogens (tertiary/aromatic N) is 2. The van der Waals surface area contributed by atoms with Gasteiger partial charge in [-0.15, -0.1) is 0 Å². The predicted octanol–water partition coefficient (Wildman–Crippen LogP) is 3.01. The minimum Gasteiger partial charge on any atom is -0.379 e. The van der Waals surface area contributed by atoms with Crippen LogP contribution in [-0.4, -0.2) is 34.9 Å². The number of para-hydroxylation sites is 1. The predicted molar refractivity (Wildman–Crippen MR) is 102 cm³/mol. The summed E-state index contributed by atoms with van der Waals surface area (Å²) in [5.41, 5.74) is 3.22. The Morgan fingerprint density at radius 3 is 2.93 bits per heavy atom. The Bertz CT molecular complexity index is 943. The SMILES string of the molecule is Cc1cc(C[C@H]2COC[C@H]2NC(=O)CCn2c(C)cc3ccccc32)on1. The van der Waals surface area contributed by atoms with E-state index in [1.165, 1.54) is 16.6 Å². The molecule has 6 nitrogen and oxygen atoms in total. The molecule has 1 fully saturated rings. The normalized spacial score (nSPS) is 19.6. The smallest absolute Gasteiger partial charge is 0.222 e. The van der Waals surface area contributed by atoms with Gasteiger partial charge in [-0.1, -0.05) is 23.4 Å². The summed E-state index contributed by atoms with van der Waals surface area (Å²) in [5.74, 6) is 1.12. The quantitative estimate of drug-likeness (QED) is 0.727. The van der Waals surface area contributed by atoms with Crippen molar-refractivity contribution in [3.8, 4) is 0 Å². The molecule has 1 saturated heterocycles. The van der Waals surface area contributed by atoms with Gasteiger partial charge in [0.1, 0.15) is 5.76 Å². The molecule has 1 aromatic carbocycles. The summed E-state index contributed by atoms with van der Waals surface area (Å²) in [7, 11) is 0. The molecule has 142 valence electrons. The first-order chi connectivity index (χ1) is 13.1. The van der Waals surface area contributed by atoms with Crippen LogP contribution in [-0.2, 0) is 22.5 Å². The molecule has 4 rings (SSSR count). The van der Waals surface area contributed by atoms with E-state index in [2.05, 4.69) is 40.2 Å². The standard InChI is InChI=1S/C21H25N3O3/c1-14-9-18(27-23-14)11-17-12-26-13-19(17)22-21(25)7-8-24-15(2)10-16-5-3-4-6-20(16)24/h3-6,9-10,17,19H,7-8,11-13H2,1-2H3,(H,22,25)/t17-,19+/m0/s1. The highest BCUT2D eigenvalue weighted by Crippen LogP contribution is 2.21. The molecule has 27 heavy (non-hydrogen) atoms. The van der Waals surface area contributed by atoms with Crippen molar-refractivity contribution in [3.63, 3.8) is 0 Å². The molecule has 1 N–H and O–H groups in total. The first-order valence-corrected chi connectivity index (χ1v) is 9.44. The Hall–Kier alpha value is -2.60. The number of carbonyl (C=O) groups excluding carboxylic acids is 1. The maximum Gasteiger partial charge on any atom is 0.222 e. The maximum absolute atomic E-state index is 12.5. The number of benzene rings is 1. The summed E-state index contributed by atoms with van der Waals surface area (Å²) in [6.45, 7) is 5.84. The van der Waals surface area contributed by atoms with Crippen molar-refractivity contribution >= 4 is 16.8 Å². The van der Waals surface area contributed by atoms with E-state index in [4.69, 9.17) is 9.26 Å². The monoisotopic (exact) mass is 367 g/mol. The van der Waals surface area contributed by atoms with Gasteiger partial charge in [0.25, 0.3) is 0 Å². The number of carbonyl (C=O) groups is 1. The summed E-state index contributed by atoms with van der Waals surface area (Å²) in [5, 5.41) is 8.29. The lowest BCUT2D eigenvalue weighted by Crippen LogP contribution is -2.40. The molecule has 3 heterocycles. The highest BCUT2D eigenvalue weighted by atomic mass is 16.5. The number of hydrogen-bond donors (Lipinski definition) is 1. The second kappa shape index (κ2) is 7.56. The van der Waals surface area contributed by atoms with Gasteiger partial charge in [-0.2, -0.15) is 0 Å². The van der Waals surface area contributed by atoms with E-state index in [9.17, 15) is 4.79 Å². The van der Waals surface area contributed by atoms with Crippen molar-refractivity contribution < 1.29 is 14.1 Å². The third kappa shape index (κ3) is 3.90. The van der Waals surface area contributed by atoms with Gasteiger partial charge < -0.3 is 19.1 Å². The van der Waals surface area contributed by atoms with Gasteiger partial charge in [0.15, 0.2) is 0 Å². The van der Waals surface area contributed by atoms with Crippen molar-refractivity contribution in [3.05, 3.63) is 53.5 Å². The van der Waals surface area contributed by atoms with E-state index in [1.807, 2.05) is 25.1 Å². The van der Waals surface area contributed by atoms with Crippen LogP contribution in [0.2, 0.25) is 0 Å². The molecule has 6 heteroatoms. The van der Waals surface area contributed by atoms with Crippen LogP contribution in [0, 0.1) is 19.8 Å². The Balaban J connectivity index is 1.35. The van der Waals surface area contributed by atoms with Gasteiger partial charge in [-0.05, 0) is 31.4 Å². The number of nitrogens with one attached hydrogen (secondary N) is 1. The molecule has 0 unspecified atom stereocenters. The van der Waals surface area contributed by atoms with Crippen molar-refractivity contribution in [1.82, 2.24) is 15.0 Å². The van der Waals surface area contributed by atoms with Crippen LogP contribution in [0.25, 0.3) is 10.9 Å². The molecular formula is C21H25N3O3. The number of fused-ring (bicyclic) bond motifs is 1. The second-order valence-corrected chi connectivity index (χ2v) is 7.36. The van der Waals surface area contributed by atoms with Crippen molar-refractivity contribution in [2.75, 3.05) is 13.2 Å². The van der Waals surface area contributed by atoms with Crippen LogP contribution in [0.4, 0.5) is 0 Å². The molecule has 1 aliphatic heterocycles. The average molecular weight is 367 g/mol. The van der Waals surface area contributed by atoms with E-state index < -0.39 is 0 Å². The molecule has 0 aliphatic carbocycles. The molecule has 0 bridgehead atoms. The van der Waals surface area contributed by atoms with E-state index in [0.29, 0.717) is 26.2 Å². The largest absolute Gasteiger partial charge is 0.379 e. The Kier molecular flexibility index (Phi) is 4.99. The van der Waals surface area contributed by atoms with Gasteiger partial charge in [0.05, 0.1) is 24.9 Å². The molecule has 1 aliphatic rings. The number of amides is 1. The van der Waals surface area contributed by atoms with Gasteiger partial charge in [-0.25, -0.2) is 0 Å². The lowest BCUT2D eigenvalue weighted by Gasteiger charge is -2.18. The van der Waals surface area contributed by atoms with Gasteiger partial charge >= 0.3 is 0 Å². The fourth-order valence-electron chi connectivity index (χ4n) is 3.87. The zero-order valence-electron chi connectivity index (χ0n) is 15.8. The van der Waals surface area contributed by atoms with Crippen molar-refractivity contribution in [2.45, 2.75) is 39.3 Å². The summed E-state index contributed by atoms with van der Waals surface area (Å²) in [6.07, 6.45) is 1.18. The first kappa shape index (κ1) is 17.8. The lowest BCUT2D eigenvalue weighted by molar-refractivity contribution is -0.122. The Morgan fingerprint density at radius 2 is 2.11 bits per heavy atom. The fourth-order valence-corrected chi connectivity index (χ4v) is 3.87. The fraction of sp³-hybridized carbons (Fsp3) is 0.429. The average Bonchev–Trinajstić information content (AvgIpc) is 3.33. The minimum absolute atomic E-state index is 0.0189. The first-order valence-electron chi connectivity index (χ1n) is 9.44. The van der Waals surface area contributed by atoms with Crippen molar-refractivity contribution in [1.29, 1.82) is 0 Å². The number of hydrogen-bond acceptors (Lipinski definition) is 4. The molecule has 2 atom stereocenters. The third-order valence-electron chi connectivity index (χ3n) is 5.27. The summed E-state index contributed by atoms with van der Waals surface area (Å²) in [4.78, 5) is 12.5. The maximum atomic E-state index is 12.5. The highest BCUT2D eigenvalue weighted by Gasteiger charge is 2.30. The zero-order chi connectivity index (χ0) is 18.8. The van der Waals surface area contributed by atoms with Crippen LogP contribution in [0.1, 0.15) is 23.6 Å². The second-order valence-electron chi connectivity index (χ2n) is 7.36. The zero-order valence-corrected chi connectivity index (χ0v) is 15.8. The lowest BCUT2D eigenvalue weighted by atomic mass is 9.98. The third-order valence-corrected chi connectivity index (χ3v) is 5.27.